The summed E-state index contributed by atoms with van der Waals surface area (Å²) in [5.74, 6) is 0.602. The number of ether oxygens (including phenoxy) is 2. The van der Waals surface area contributed by atoms with Crippen LogP contribution in [0.15, 0.2) is 48.8 Å². The molecule has 1 heterocycles. The Kier molecular flexibility index (Phi) is 5.05. The maximum Gasteiger partial charge on any atom is 0.412 e. The lowest BCUT2D eigenvalue weighted by molar-refractivity contribution is 0.207. The summed E-state index contributed by atoms with van der Waals surface area (Å²) >= 11 is 6.00. The fraction of sp³-hybridized carbons (Fsp3) is 0.211. The molecular formula is C19H19ClN4O3. The van der Waals surface area contributed by atoms with E-state index >= 15 is 0 Å². The van der Waals surface area contributed by atoms with Gasteiger partial charge in [0.1, 0.15) is 17.8 Å². The number of nitrogens with zero attached hydrogens (tertiary/aromatic N) is 3. The monoisotopic (exact) mass is 386 g/mol. The lowest BCUT2D eigenvalue weighted by Crippen LogP contribution is -2.19. The Morgan fingerprint density at radius 1 is 1.15 bits per heavy atom. The van der Waals surface area contributed by atoms with Gasteiger partial charge in [0.05, 0.1) is 7.11 Å². The van der Waals surface area contributed by atoms with Crippen LogP contribution in [0.4, 0.5) is 4.79 Å². The molecule has 3 aromatic rings. The second-order valence-electron chi connectivity index (χ2n) is 6.41. The van der Waals surface area contributed by atoms with E-state index in [2.05, 4.69) is 28.7 Å². The zero-order chi connectivity index (χ0) is 19.6. The highest BCUT2D eigenvalue weighted by molar-refractivity contribution is 6.30. The van der Waals surface area contributed by atoms with Gasteiger partial charge in [-0.25, -0.2) is 9.48 Å². The number of amides is 1. The van der Waals surface area contributed by atoms with Gasteiger partial charge in [0.2, 0.25) is 0 Å². The van der Waals surface area contributed by atoms with E-state index in [0.717, 1.165) is 11.1 Å². The molecule has 1 amide bonds. The maximum absolute atomic E-state index is 10.8. The van der Waals surface area contributed by atoms with Gasteiger partial charge in [-0.2, -0.15) is 4.98 Å². The fourth-order valence-electron chi connectivity index (χ4n) is 2.79. The highest BCUT2D eigenvalue weighted by atomic mass is 35.5. The molecule has 0 radical (unpaired) electrons. The molecule has 0 saturated carbocycles. The zero-order valence-corrected chi connectivity index (χ0v) is 15.9. The third kappa shape index (κ3) is 3.88. The van der Waals surface area contributed by atoms with E-state index in [4.69, 9.17) is 22.1 Å². The molecule has 2 aromatic carbocycles. The summed E-state index contributed by atoms with van der Waals surface area (Å²) in [4.78, 5) is 14.7. The summed E-state index contributed by atoms with van der Waals surface area (Å²) in [6.45, 7) is 4.25. The van der Waals surface area contributed by atoms with Gasteiger partial charge >= 0.3 is 12.1 Å². The molecule has 0 spiro atoms. The van der Waals surface area contributed by atoms with Crippen molar-refractivity contribution >= 4 is 17.7 Å². The third-order valence-electron chi connectivity index (χ3n) is 4.38. The minimum atomic E-state index is -0.972. The van der Waals surface area contributed by atoms with Gasteiger partial charge in [-0.3, -0.25) is 0 Å². The molecule has 0 unspecified atom stereocenters. The molecule has 8 heteroatoms. The SMILES string of the molecule is COc1cc(C(C)(C)c2ccc(Cl)cc2)ccc1-n1cnc(OC(N)=O)n1. The van der Waals surface area contributed by atoms with Crippen molar-refractivity contribution in [3.05, 3.63) is 64.9 Å². The number of carbonyl (C=O) groups is 1. The van der Waals surface area contributed by atoms with Crippen LogP contribution in [0, 0.1) is 0 Å². The summed E-state index contributed by atoms with van der Waals surface area (Å²) in [7, 11) is 1.58. The summed E-state index contributed by atoms with van der Waals surface area (Å²) in [6, 6.07) is 13.4. The molecule has 27 heavy (non-hydrogen) atoms. The molecule has 0 bridgehead atoms. The molecule has 1 aromatic heterocycles. The first-order chi connectivity index (χ1) is 12.8. The molecule has 140 valence electrons. The number of benzene rings is 2. The van der Waals surface area contributed by atoms with E-state index in [1.54, 1.807) is 7.11 Å². The van der Waals surface area contributed by atoms with Gasteiger partial charge in [0.25, 0.3) is 0 Å². The largest absolute Gasteiger partial charge is 0.494 e. The van der Waals surface area contributed by atoms with E-state index in [1.807, 2.05) is 42.5 Å². The summed E-state index contributed by atoms with van der Waals surface area (Å²) < 4.78 is 11.7. The summed E-state index contributed by atoms with van der Waals surface area (Å²) in [5, 5.41) is 4.77. The van der Waals surface area contributed by atoms with Gasteiger partial charge in [-0.05, 0) is 35.4 Å². The lowest BCUT2D eigenvalue weighted by Gasteiger charge is -2.27. The van der Waals surface area contributed by atoms with Gasteiger partial charge in [-0.15, -0.1) is 5.10 Å². The highest BCUT2D eigenvalue weighted by Crippen LogP contribution is 2.36. The summed E-state index contributed by atoms with van der Waals surface area (Å²) in [5.41, 5.74) is 7.54. The average Bonchev–Trinajstić information content (AvgIpc) is 3.09. The smallest absolute Gasteiger partial charge is 0.412 e. The van der Waals surface area contributed by atoms with Gasteiger partial charge in [-0.1, -0.05) is 43.6 Å². The van der Waals surface area contributed by atoms with E-state index in [1.165, 1.54) is 11.0 Å². The van der Waals surface area contributed by atoms with E-state index in [-0.39, 0.29) is 11.4 Å². The predicted octanol–water partition coefficient (Wildman–Crippen LogP) is 3.71. The molecule has 0 atom stereocenters. The number of carbonyl (C=O) groups excluding carboxylic acids is 1. The minimum absolute atomic E-state index is 0.130. The molecule has 0 aliphatic heterocycles. The number of primary amides is 1. The Morgan fingerprint density at radius 2 is 1.81 bits per heavy atom. The summed E-state index contributed by atoms with van der Waals surface area (Å²) in [6.07, 6.45) is 0.444. The number of nitrogens with two attached hydrogens (primary N) is 1. The van der Waals surface area contributed by atoms with Crippen LogP contribution in [0.2, 0.25) is 5.02 Å². The third-order valence-corrected chi connectivity index (χ3v) is 4.63. The topological polar surface area (TPSA) is 92.3 Å². The highest BCUT2D eigenvalue weighted by Gasteiger charge is 2.25. The molecule has 7 nitrogen and oxygen atoms in total. The molecule has 0 aliphatic rings. The number of halogens is 1. The first-order valence-corrected chi connectivity index (χ1v) is 8.53. The van der Waals surface area contributed by atoms with Gasteiger partial charge in [0.15, 0.2) is 0 Å². The van der Waals surface area contributed by atoms with Crippen LogP contribution < -0.4 is 15.2 Å². The second kappa shape index (κ2) is 7.28. The first-order valence-electron chi connectivity index (χ1n) is 8.15. The maximum atomic E-state index is 10.8. The fourth-order valence-corrected chi connectivity index (χ4v) is 2.92. The lowest BCUT2D eigenvalue weighted by atomic mass is 9.78. The number of rotatable bonds is 5. The van der Waals surface area contributed by atoms with Crippen LogP contribution in [-0.4, -0.2) is 28.0 Å². The van der Waals surface area contributed by atoms with Gasteiger partial charge < -0.3 is 15.2 Å². The van der Waals surface area contributed by atoms with E-state index in [0.29, 0.717) is 16.5 Å². The van der Waals surface area contributed by atoms with E-state index < -0.39 is 6.09 Å². The van der Waals surface area contributed by atoms with Crippen LogP contribution in [-0.2, 0) is 5.41 Å². The van der Waals surface area contributed by atoms with Crippen molar-refractivity contribution in [2.75, 3.05) is 7.11 Å². The number of aromatic nitrogens is 3. The van der Waals surface area contributed by atoms with Crippen LogP contribution in [0.3, 0.4) is 0 Å². The Balaban J connectivity index is 1.97. The second-order valence-corrected chi connectivity index (χ2v) is 6.85. The zero-order valence-electron chi connectivity index (χ0n) is 15.1. The molecule has 2 N–H and O–H groups in total. The Bertz CT molecular complexity index is 967. The minimum Gasteiger partial charge on any atom is -0.494 e. The molecular weight excluding hydrogens is 368 g/mol. The Hall–Kier alpha value is -3.06. The Morgan fingerprint density at radius 3 is 2.44 bits per heavy atom. The number of hydrogen-bond donors (Lipinski definition) is 1. The van der Waals surface area contributed by atoms with Crippen molar-refractivity contribution in [2.45, 2.75) is 19.3 Å². The van der Waals surface area contributed by atoms with Crippen molar-refractivity contribution < 1.29 is 14.3 Å². The van der Waals surface area contributed by atoms with Crippen molar-refractivity contribution in [3.8, 4) is 17.4 Å². The van der Waals surface area contributed by atoms with Crippen molar-refractivity contribution in [1.29, 1.82) is 0 Å². The predicted molar refractivity (Wildman–Crippen MR) is 102 cm³/mol. The molecule has 3 rings (SSSR count). The normalized spacial score (nSPS) is 11.3. The van der Waals surface area contributed by atoms with Crippen molar-refractivity contribution in [2.24, 2.45) is 5.73 Å². The van der Waals surface area contributed by atoms with Crippen LogP contribution in [0.25, 0.3) is 5.69 Å². The van der Waals surface area contributed by atoms with E-state index in [9.17, 15) is 4.79 Å². The van der Waals surface area contributed by atoms with Crippen molar-refractivity contribution in [1.82, 2.24) is 14.8 Å². The van der Waals surface area contributed by atoms with Crippen LogP contribution in [0.1, 0.15) is 25.0 Å². The first kappa shape index (κ1) is 18.7. The average molecular weight is 387 g/mol. The molecule has 0 saturated heterocycles. The van der Waals surface area contributed by atoms with Crippen LogP contribution in [0.5, 0.6) is 11.8 Å². The van der Waals surface area contributed by atoms with Crippen molar-refractivity contribution in [3.63, 3.8) is 0 Å². The molecule has 0 fully saturated rings. The molecule has 0 aliphatic carbocycles. The Labute approximate surface area is 161 Å². The number of methoxy groups -OCH3 is 1. The number of hydrogen-bond acceptors (Lipinski definition) is 5. The standard InChI is InChI=1S/C19H19ClN4O3/c1-19(2,12-4-7-14(20)8-5-12)13-6-9-15(16(10-13)26-3)24-11-22-18(23-24)27-17(21)25/h4-11H,1-3H3,(H2,21,25). The van der Waals surface area contributed by atoms with Gasteiger partial charge in [0, 0.05) is 10.4 Å². The quantitative estimate of drug-likeness (QED) is 0.721. The van der Waals surface area contributed by atoms with Crippen LogP contribution >= 0.6 is 11.6 Å².